The highest BCUT2D eigenvalue weighted by molar-refractivity contribution is 5.95. The van der Waals surface area contributed by atoms with E-state index in [-0.39, 0.29) is 12.1 Å². The number of esters is 1. The summed E-state index contributed by atoms with van der Waals surface area (Å²) < 4.78 is 4.64. The number of hydrogen-bond acceptors (Lipinski definition) is 4. The van der Waals surface area contributed by atoms with Gasteiger partial charge >= 0.3 is 5.97 Å². The number of nitrogens with one attached hydrogen (secondary N) is 1. The van der Waals surface area contributed by atoms with Gasteiger partial charge < -0.3 is 15.8 Å². The van der Waals surface area contributed by atoms with Crippen molar-refractivity contribution in [3.8, 4) is 0 Å². The third-order valence-corrected chi connectivity index (χ3v) is 1.72. The van der Waals surface area contributed by atoms with Crippen LogP contribution in [0.1, 0.15) is 17.3 Å². The van der Waals surface area contributed by atoms with Crippen LogP contribution in [0.3, 0.4) is 0 Å². The Morgan fingerprint density at radius 2 is 2.14 bits per heavy atom. The number of para-hydroxylation sites is 1. The van der Waals surface area contributed by atoms with E-state index in [1.165, 1.54) is 7.11 Å². The molecule has 1 aromatic carbocycles. The zero-order valence-corrected chi connectivity index (χ0v) is 8.28. The molecule has 1 aromatic rings. The van der Waals surface area contributed by atoms with Crippen LogP contribution in [-0.4, -0.2) is 19.2 Å². The van der Waals surface area contributed by atoms with Crippen molar-refractivity contribution in [3.05, 3.63) is 29.8 Å². The molecule has 1 unspecified atom stereocenters. The first-order valence-electron chi connectivity index (χ1n) is 4.34. The Morgan fingerprint density at radius 1 is 1.50 bits per heavy atom. The number of methoxy groups -OCH3 is 1. The highest BCUT2D eigenvalue weighted by Crippen LogP contribution is 2.15. The van der Waals surface area contributed by atoms with E-state index >= 15 is 0 Å². The number of benzene rings is 1. The molecule has 0 amide bonds. The van der Waals surface area contributed by atoms with E-state index in [0.29, 0.717) is 11.3 Å². The summed E-state index contributed by atoms with van der Waals surface area (Å²) in [4.78, 5) is 11.3. The molecule has 76 valence electrons. The summed E-state index contributed by atoms with van der Waals surface area (Å²) >= 11 is 0. The number of carbonyl (C=O) groups is 1. The number of anilines is 1. The highest BCUT2D eigenvalue weighted by atomic mass is 16.5. The maximum Gasteiger partial charge on any atom is 0.339 e. The Balaban J connectivity index is 2.97. The van der Waals surface area contributed by atoms with Crippen molar-refractivity contribution < 1.29 is 9.53 Å². The van der Waals surface area contributed by atoms with Gasteiger partial charge in [-0.05, 0) is 19.1 Å². The molecular formula is C10H14N2O2. The third kappa shape index (κ3) is 2.47. The number of rotatable bonds is 3. The summed E-state index contributed by atoms with van der Waals surface area (Å²) in [5.74, 6) is -0.367. The van der Waals surface area contributed by atoms with Gasteiger partial charge in [-0.2, -0.15) is 0 Å². The van der Waals surface area contributed by atoms with E-state index in [1.54, 1.807) is 25.1 Å². The quantitative estimate of drug-likeness (QED) is 0.560. The zero-order valence-electron chi connectivity index (χ0n) is 8.28. The van der Waals surface area contributed by atoms with E-state index in [2.05, 4.69) is 10.1 Å². The van der Waals surface area contributed by atoms with Crippen LogP contribution in [-0.2, 0) is 4.74 Å². The normalized spacial score (nSPS) is 11.9. The second-order valence-electron chi connectivity index (χ2n) is 2.97. The van der Waals surface area contributed by atoms with E-state index in [0.717, 1.165) is 0 Å². The van der Waals surface area contributed by atoms with Gasteiger partial charge in [0.05, 0.1) is 18.8 Å². The molecule has 0 aliphatic heterocycles. The molecule has 0 saturated heterocycles. The van der Waals surface area contributed by atoms with Crippen molar-refractivity contribution in [2.45, 2.75) is 13.1 Å². The Labute approximate surface area is 83.1 Å². The molecule has 4 nitrogen and oxygen atoms in total. The van der Waals surface area contributed by atoms with Crippen LogP contribution in [0, 0.1) is 0 Å². The Morgan fingerprint density at radius 3 is 2.71 bits per heavy atom. The molecule has 0 bridgehead atoms. The van der Waals surface area contributed by atoms with E-state index in [9.17, 15) is 4.79 Å². The van der Waals surface area contributed by atoms with Crippen molar-refractivity contribution in [3.63, 3.8) is 0 Å². The Bertz CT molecular complexity index is 324. The van der Waals surface area contributed by atoms with Gasteiger partial charge in [-0.1, -0.05) is 12.1 Å². The van der Waals surface area contributed by atoms with Gasteiger partial charge in [0.25, 0.3) is 0 Å². The van der Waals surface area contributed by atoms with Crippen molar-refractivity contribution in [2.24, 2.45) is 5.73 Å². The SMILES string of the molecule is COC(=O)c1ccccc1NC(C)N. The van der Waals surface area contributed by atoms with Crippen LogP contribution < -0.4 is 11.1 Å². The van der Waals surface area contributed by atoms with Crippen LogP contribution in [0.15, 0.2) is 24.3 Å². The minimum atomic E-state index is -0.367. The monoisotopic (exact) mass is 194 g/mol. The summed E-state index contributed by atoms with van der Waals surface area (Å²) in [6, 6.07) is 7.09. The van der Waals surface area contributed by atoms with Gasteiger partial charge in [0.1, 0.15) is 0 Å². The molecule has 0 radical (unpaired) electrons. The fourth-order valence-electron chi connectivity index (χ4n) is 1.14. The molecular weight excluding hydrogens is 180 g/mol. The van der Waals surface area contributed by atoms with Crippen molar-refractivity contribution in [2.75, 3.05) is 12.4 Å². The number of nitrogens with two attached hydrogens (primary N) is 1. The van der Waals surface area contributed by atoms with Crippen molar-refractivity contribution in [1.29, 1.82) is 0 Å². The third-order valence-electron chi connectivity index (χ3n) is 1.72. The predicted molar refractivity (Wildman–Crippen MR) is 55.1 cm³/mol. The van der Waals surface area contributed by atoms with E-state index in [1.807, 2.05) is 6.07 Å². The molecule has 3 N–H and O–H groups in total. The minimum absolute atomic E-state index is 0.208. The fraction of sp³-hybridized carbons (Fsp3) is 0.300. The summed E-state index contributed by atoms with van der Waals surface area (Å²) in [5, 5.41) is 2.97. The van der Waals surface area contributed by atoms with Gasteiger partial charge in [-0.3, -0.25) is 0 Å². The van der Waals surface area contributed by atoms with Crippen LogP contribution >= 0.6 is 0 Å². The molecule has 0 heterocycles. The standard InChI is InChI=1S/C10H14N2O2/c1-7(11)12-9-6-4-3-5-8(9)10(13)14-2/h3-7,12H,11H2,1-2H3. The number of hydrogen-bond donors (Lipinski definition) is 2. The van der Waals surface area contributed by atoms with E-state index < -0.39 is 0 Å². The van der Waals surface area contributed by atoms with Gasteiger partial charge in [0.15, 0.2) is 0 Å². The largest absolute Gasteiger partial charge is 0.465 e. The molecule has 0 saturated carbocycles. The Hall–Kier alpha value is -1.55. The molecule has 1 rings (SSSR count). The number of ether oxygens (including phenoxy) is 1. The molecule has 0 spiro atoms. The van der Waals surface area contributed by atoms with Gasteiger partial charge in [0.2, 0.25) is 0 Å². The summed E-state index contributed by atoms with van der Waals surface area (Å²) in [6.45, 7) is 1.80. The lowest BCUT2D eigenvalue weighted by Gasteiger charge is -2.12. The second-order valence-corrected chi connectivity index (χ2v) is 2.97. The maximum absolute atomic E-state index is 11.3. The lowest BCUT2D eigenvalue weighted by Crippen LogP contribution is -2.26. The molecule has 0 aliphatic carbocycles. The van der Waals surface area contributed by atoms with Gasteiger partial charge in [-0.25, -0.2) is 4.79 Å². The molecule has 0 aromatic heterocycles. The minimum Gasteiger partial charge on any atom is -0.465 e. The van der Waals surface area contributed by atoms with Crippen LogP contribution in [0.2, 0.25) is 0 Å². The lowest BCUT2D eigenvalue weighted by molar-refractivity contribution is 0.0602. The predicted octanol–water partition coefficient (Wildman–Crippen LogP) is 1.19. The lowest BCUT2D eigenvalue weighted by atomic mass is 10.2. The maximum atomic E-state index is 11.3. The van der Waals surface area contributed by atoms with Crippen LogP contribution in [0.5, 0.6) is 0 Å². The Kier molecular flexibility index (Phi) is 3.48. The molecule has 0 fully saturated rings. The first kappa shape index (κ1) is 10.5. The average molecular weight is 194 g/mol. The zero-order chi connectivity index (χ0) is 10.6. The van der Waals surface area contributed by atoms with Gasteiger partial charge in [0, 0.05) is 5.69 Å². The molecule has 4 heteroatoms. The second kappa shape index (κ2) is 4.62. The summed E-state index contributed by atoms with van der Waals surface area (Å²) in [6.07, 6.45) is -0.208. The molecule has 14 heavy (non-hydrogen) atoms. The highest BCUT2D eigenvalue weighted by Gasteiger charge is 2.10. The van der Waals surface area contributed by atoms with E-state index in [4.69, 9.17) is 5.73 Å². The summed E-state index contributed by atoms with van der Waals surface area (Å²) in [5.41, 5.74) is 6.75. The first-order valence-corrected chi connectivity index (χ1v) is 4.34. The van der Waals surface area contributed by atoms with Crippen molar-refractivity contribution in [1.82, 2.24) is 0 Å². The first-order chi connectivity index (χ1) is 6.65. The van der Waals surface area contributed by atoms with Crippen molar-refractivity contribution >= 4 is 11.7 Å². The smallest absolute Gasteiger partial charge is 0.339 e. The summed E-state index contributed by atoms with van der Waals surface area (Å²) in [7, 11) is 1.35. The molecule has 1 atom stereocenters. The van der Waals surface area contributed by atoms with Gasteiger partial charge in [-0.15, -0.1) is 0 Å². The van der Waals surface area contributed by atoms with Crippen LogP contribution in [0.4, 0.5) is 5.69 Å². The average Bonchev–Trinajstić information content (AvgIpc) is 2.16. The fourth-order valence-corrected chi connectivity index (χ4v) is 1.14. The molecule has 0 aliphatic rings. The topological polar surface area (TPSA) is 64.3 Å². The number of carbonyl (C=O) groups excluding carboxylic acids is 1. The van der Waals surface area contributed by atoms with Crippen LogP contribution in [0.25, 0.3) is 0 Å².